The van der Waals surface area contributed by atoms with E-state index in [1.807, 2.05) is 53.1 Å². The molecule has 178 valence electrons. The monoisotopic (exact) mass is 525 g/mol. The van der Waals surface area contributed by atoms with Crippen molar-refractivity contribution < 1.29 is 9.53 Å². The number of halogens is 3. The summed E-state index contributed by atoms with van der Waals surface area (Å²) >= 11 is 20.8. The maximum Gasteiger partial charge on any atom is 0.252 e. The van der Waals surface area contributed by atoms with Crippen molar-refractivity contribution in [1.29, 1.82) is 0 Å². The number of nitrogens with zero attached hydrogens (tertiary/aromatic N) is 1. The number of carbonyl (C=O) groups excluding carboxylic acids is 1. The molecule has 1 fully saturated rings. The summed E-state index contributed by atoms with van der Waals surface area (Å²) in [6.45, 7) is 10.3. The van der Waals surface area contributed by atoms with Gasteiger partial charge in [0.1, 0.15) is 12.2 Å². The summed E-state index contributed by atoms with van der Waals surface area (Å²) in [5, 5.41) is 2.17. The molecule has 1 aliphatic rings. The maximum absolute atomic E-state index is 13.8. The van der Waals surface area contributed by atoms with E-state index in [2.05, 4.69) is 27.4 Å². The minimum atomic E-state index is -0.619. The zero-order valence-electron chi connectivity index (χ0n) is 19.1. The zero-order valence-corrected chi connectivity index (χ0v) is 22.2. The Morgan fingerprint density at radius 1 is 1.06 bits per heavy atom. The fraction of sp³-hybridized carbons (Fsp3) is 0.423. The number of morpholine rings is 1. The van der Waals surface area contributed by atoms with Crippen molar-refractivity contribution in [2.45, 2.75) is 63.2 Å². The van der Waals surface area contributed by atoms with Crippen LogP contribution < -0.4 is 0 Å². The molecule has 0 saturated carbocycles. The third-order valence-electron chi connectivity index (χ3n) is 5.72. The number of benzene rings is 2. The Morgan fingerprint density at radius 2 is 1.70 bits per heavy atom. The van der Waals surface area contributed by atoms with E-state index in [0.29, 0.717) is 26.7 Å². The third kappa shape index (κ3) is 6.49. The van der Waals surface area contributed by atoms with Gasteiger partial charge in [0.2, 0.25) is 0 Å². The summed E-state index contributed by atoms with van der Waals surface area (Å²) < 4.78 is 6.46. The van der Waals surface area contributed by atoms with Gasteiger partial charge >= 0.3 is 0 Å². The highest BCUT2D eigenvalue weighted by Crippen LogP contribution is 2.45. The van der Waals surface area contributed by atoms with E-state index < -0.39 is 12.2 Å². The van der Waals surface area contributed by atoms with Crippen LogP contribution in [-0.2, 0) is 9.53 Å². The van der Waals surface area contributed by atoms with E-state index in [1.54, 1.807) is 12.1 Å². The summed E-state index contributed by atoms with van der Waals surface area (Å²) in [6, 6.07) is 12.8. The van der Waals surface area contributed by atoms with Crippen molar-refractivity contribution >= 4 is 52.5 Å². The molecule has 0 bridgehead atoms. The molecule has 1 amide bonds. The fourth-order valence-electron chi connectivity index (χ4n) is 4.17. The topological polar surface area (TPSA) is 29.5 Å². The SMILES string of the molecule is C=CC[C@@H]1O[C@H](c2cc(Cl)cc(Cl)c2)C(c2ccc(Cl)cc2)N([C@@H](CC)CSC(C)C)C1=O. The van der Waals surface area contributed by atoms with Crippen LogP contribution in [0.5, 0.6) is 0 Å². The zero-order chi connectivity index (χ0) is 24.1. The van der Waals surface area contributed by atoms with Crippen molar-refractivity contribution in [3.8, 4) is 0 Å². The molecule has 3 nitrogen and oxygen atoms in total. The van der Waals surface area contributed by atoms with Gasteiger partial charge in [0, 0.05) is 33.3 Å². The van der Waals surface area contributed by atoms with Crippen LogP contribution in [0.25, 0.3) is 0 Å². The van der Waals surface area contributed by atoms with Crippen LogP contribution in [0.15, 0.2) is 55.1 Å². The first-order chi connectivity index (χ1) is 15.7. The van der Waals surface area contributed by atoms with Crippen LogP contribution >= 0.6 is 46.6 Å². The van der Waals surface area contributed by atoms with Gasteiger partial charge in [0.25, 0.3) is 5.91 Å². The molecule has 0 spiro atoms. The standard InChI is InChI=1S/C26H30Cl3NO2S/c1-5-7-23-26(31)30(22(6-2)15-33-16(3)4)24(17-8-10-19(27)11-9-17)25(32-23)18-12-20(28)14-21(29)13-18/h5,8-14,16,22-25H,1,6-7,15H2,2-4H3/t22-,23-,24?,25+/m0/s1. The average Bonchev–Trinajstić information content (AvgIpc) is 2.76. The third-order valence-corrected chi connectivity index (χ3v) is 7.65. The molecule has 4 atom stereocenters. The van der Waals surface area contributed by atoms with Gasteiger partial charge in [0.15, 0.2) is 0 Å². The highest BCUT2D eigenvalue weighted by Gasteiger charge is 2.46. The molecule has 3 rings (SSSR count). The Kier molecular flexibility index (Phi) is 9.61. The number of carbonyl (C=O) groups is 1. The number of hydrogen-bond donors (Lipinski definition) is 0. The summed E-state index contributed by atoms with van der Waals surface area (Å²) in [7, 11) is 0. The Bertz CT molecular complexity index is 946. The van der Waals surface area contributed by atoms with Crippen LogP contribution in [0, 0.1) is 0 Å². The van der Waals surface area contributed by atoms with Crippen LogP contribution in [0.3, 0.4) is 0 Å². The first-order valence-electron chi connectivity index (χ1n) is 11.2. The van der Waals surface area contributed by atoms with Gasteiger partial charge in [-0.1, -0.05) is 73.8 Å². The fourth-order valence-corrected chi connectivity index (χ4v) is 5.84. The number of hydrogen-bond acceptors (Lipinski definition) is 3. The second-order valence-electron chi connectivity index (χ2n) is 8.46. The summed E-state index contributed by atoms with van der Waals surface area (Å²) in [5.41, 5.74) is 1.80. The molecule has 2 aromatic carbocycles. The highest BCUT2D eigenvalue weighted by molar-refractivity contribution is 7.99. The minimum Gasteiger partial charge on any atom is -0.358 e. The molecular formula is C26H30Cl3NO2S. The molecule has 33 heavy (non-hydrogen) atoms. The number of thioether (sulfide) groups is 1. The van der Waals surface area contributed by atoms with Gasteiger partial charge in [-0.15, -0.1) is 6.58 Å². The van der Waals surface area contributed by atoms with Crippen LogP contribution in [0.2, 0.25) is 15.1 Å². The molecule has 0 aromatic heterocycles. The molecule has 7 heteroatoms. The lowest BCUT2D eigenvalue weighted by atomic mass is 9.89. The minimum absolute atomic E-state index is 0.0181. The van der Waals surface area contributed by atoms with E-state index in [4.69, 9.17) is 39.5 Å². The van der Waals surface area contributed by atoms with Crippen LogP contribution in [0.1, 0.15) is 56.9 Å². The van der Waals surface area contributed by atoms with Gasteiger partial charge in [0.05, 0.1) is 6.04 Å². The van der Waals surface area contributed by atoms with Gasteiger partial charge < -0.3 is 9.64 Å². The van der Waals surface area contributed by atoms with Crippen molar-refractivity contribution in [3.63, 3.8) is 0 Å². The molecule has 2 aromatic rings. The van der Waals surface area contributed by atoms with Gasteiger partial charge in [-0.05, 0) is 53.1 Å². The van der Waals surface area contributed by atoms with E-state index >= 15 is 0 Å². The summed E-state index contributed by atoms with van der Waals surface area (Å²) in [5.74, 6) is 0.823. The quantitative estimate of drug-likeness (QED) is 0.309. The number of ether oxygens (including phenoxy) is 1. The summed E-state index contributed by atoms with van der Waals surface area (Å²) in [6.07, 6.45) is 1.94. The second kappa shape index (κ2) is 12.0. The smallest absolute Gasteiger partial charge is 0.252 e. The van der Waals surface area contributed by atoms with E-state index in [-0.39, 0.29) is 18.0 Å². The molecule has 0 aliphatic carbocycles. The van der Waals surface area contributed by atoms with E-state index in [1.165, 1.54) is 0 Å². The Hall–Kier alpha value is -1.17. The lowest BCUT2D eigenvalue weighted by Gasteiger charge is -2.48. The maximum atomic E-state index is 13.8. The Morgan fingerprint density at radius 3 is 2.24 bits per heavy atom. The first-order valence-corrected chi connectivity index (χ1v) is 13.3. The highest BCUT2D eigenvalue weighted by atomic mass is 35.5. The first kappa shape index (κ1) is 26.4. The normalized spacial score (nSPS) is 22.0. The Labute approximate surface area is 216 Å². The van der Waals surface area contributed by atoms with Gasteiger partial charge in [-0.3, -0.25) is 4.79 Å². The van der Waals surface area contributed by atoms with Crippen LogP contribution in [-0.4, -0.2) is 34.0 Å². The van der Waals surface area contributed by atoms with E-state index in [9.17, 15) is 4.79 Å². The largest absolute Gasteiger partial charge is 0.358 e. The lowest BCUT2D eigenvalue weighted by molar-refractivity contribution is -0.178. The molecule has 1 unspecified atom stereocenters. The molecule has 0 N–H and O–H groups in total. The second-order valence-corrected chi connectivity index (χ2v) is 11.4. The van der Waals surface area contributed by atoms with Crippen molar-refractivity contribution in [2.75, 3.05) is 5.75 Å². The predicted octanol–water partition coefficient (Wildman–Crippen LogP) is 8.15. The molecule has 0 radical (unpaired) electrons. The van der Waals surface area contributed by atoms with Gasteiger partial charge in [-0.2, -0.15) is 11.8 Å². The van der Waals surface area contributed by atoms with Gasteiger partial charge in [-0.25, -0.2) is 0 Å². The summed E-state index contributed by atoms with van der Waals surface area (Å²) in [4.78, 5) is 15.8. The molecule has 1 saturated heterocycles. The molecular weight excluding hydrogens is 497 g/mol. The van der Waals surface area contributed by atoms with Crippen molar-refractivity contribution in [3.05, 3.63) is 81.3 Å². The van der Waals surface area contributed by atoms with Crippen LogP contribution in [0.4, 0.5) is 0 Å². The van der Waals surface area contributed by atoms with Crippen molar-refractivity contribution in [2.24, 2.45) is 0 Å². The number of amides is 1. The van der Waals surface area contributed by atoms with E-state index in [0.717, 1.165) is 23.3 Å². The predicted molar refractivity (Wildman–Crippen MR) is 142 cm³/mol. The Balaban J connectivity index is 2.16. The molecule has 1 heterocycles. The molecule has 1 aliphatic heterocycles. The lowest BCUT2D eigenvalue weighted by Crippen LogP contribution is -2.55. The van der Waals surface area contributed by atoms with Crippen molar-refractivity contribution in [1.82, 2.24) is 4.90 Å². The number of rotatable bonds is 9. The average molecular weight is 527 g/mol.